The van der Waals surface area contributed by atoms with Crippen LogP contribution in [-0.4, -0.2) is 16.1 Å². The molecule has 22 heavy (non-hydrogen) atoms. The number of imidazole rings is 1. The first-order valence-corrected chi connectivity index (χ1v) is 8.26. The van der Waals surface area contributed by atoms with Crippen molar-refractivity contribution in [2.75, 3.05) is 7.11 Å². The monoisotopic (exact) mass is 312 g/mol. The molecule has 0 fully saturated rings. The van der Waals surface area contributed by atoms with Gasteiger partial charge in [-0.25, -0.2) is 4.57 Å². The van der Waals surface area contributed by atoms with Crippen LogP contribution < -0.4 is 9.30 Å². The van der Waals surface area contributed by atoms with Crippen molar-refractivity contribution in [1.29, 1.82) is 0 Å². The van der Waals surface area contributed by atoms with E-state index in [4.69, 9.17) is 9.72 Å². The summed E-state index contributed by atoms with van der Waals surface area (Å²) in [5, 5.41) is 0. The van der Waals surface area contributed by atoms with Crippen LogP contribution in [0.5, 0.6) is 5.75 Å². The Morgan fingerprint density at radius 2 is 2.00 bits per heavy atom. The Bertz CT molecular complexity index is 914. The van der Waals surface area contributed by atoms with Crippen LogP contribution in [0.1, 0.15) is 22.4 Å². The SMILES string of the molecule is COc1cc[n+]2c(c1C)CSn1c-2nc2cc(C)c(C)cc21. The summed E-state index contributed by atoms with van der Waals surface area (Å²) < 4.78 is 9.86. The molecule has 0 N–H and O–H groups in total. The second kappa shape index (κ2) is 4.74. The summed E-state index contributed by atoms with van der Waals surface area (Å²) in [5.74, 6) is 2.81. The maximum Gasteiger partial charge on any atom is 0.415 e. The third-order valence-corrected chi connectivity index (χ3v) is 5.47. The van der Waals surface area contributed by atoms with Gasteiger partial charge in [0.2, 0.25) is 0 Å². The van der Waals surface area contributed by atoms with E-state index in [-0.39, 0.29) is 0 Å². The molecule has 1 aromatic carbocycles. The zero-order valence-corrected chi connectivity index (χ0v) is 14.0. The number of pyridine rings is 1. The van der Waals surface area contributed by atoms with Crippen molar-refractivity contribution in [1.82, 2.24) is 8.96 Å². The molecule has 0 radical (unpaired) electrons. The van der Waals surface area contributed by atoms with E-state index in [1.165, 1.54) is 27.9 Å². The van der Waals surface area contributed by atoms with Gasteiger partial charge in [-0.15, -0.1) is 0 Å². The van der Waals surface area contributed by atoms with E-state index < -0.39 is 0 Å². The molecule has 0 aliphatic carbocycles. The quantitative estimate of drug-likeness (QED) is 0.646. The lowest BCUT2D eigenvalue weighted by atomic mass is 10.1. The van der Waals surface area contributed by atoms with Crippen LogP contribution in [0, 0.1) is 20.8 Å². The normalized spacial score (nSPS) is 13.1. The number of hydrogen-bond donors (Lipinski definition) is 0. The number of methoxy groups -OCH3 is 1. The van der Waals surface area contributed by atoms with Gasteiger partial charge in [-0.1, -0.05) is 4.98 Å². The van der Waals surface area contributed by atoms with Crippen molar-refractivity contribution >= 4 is 23.0 Å². The Balaban J connectivity index is 2.01. The number of ether oxygens (including phenoxy) is 1. The molecule has 112 valence electrons. The summed E-state index contributed by atoms with van der Waals surface area (Å²) in [6, 6.07) is 6.41. The summed E-state index contributed by atoms with van der Waals surface area (Å²) in [7, 11) is 1.72. The van der Waals surface area contributed by atoms with Gasteiger partial charge in [-0.05, 0) is 44.0 Å². The average Bonchev–Trinajstić information content (AvgIpc) is 2.86. The zero-order chi connectivity index (χ0) is 15.4. The van der Waals surface area contributed by atoms with Crippen molar-refractivity contribution in [3.8, 4) is 11.7 Å². The van der Waals surface area contributed by atoms with Crippen LogP contribution in [0.2, 0.25) is 0 Å². The first kappa shape index (κ1) is 13.6. The molecule has 0 saturated heterocycles. The molecular weight excluding hydrogens is 294 g/mol. The fourth-order valence-corrected chi connectivity index (χ4v) is 4.11. The zero-order valence-electron chi connectivity index (χ0n) is 13.2. The topological polar surface area (TPSA) is 30.9 Å². The van der Waals surface area contributed by atoms with Crippen molar-refractivity contribution in [2.24, 2.45) is 0 Å². The first-order valence-electron chi connectivity index (χ1n) is 7.31. The minimum absolute atomic E-state index is 0.911. The van der Waals surface area contributed by atoms with Gasteiger partial charge in [0, 0.05) is 23.6 Å². The average molecular weight is 312 g/mol. The standard InChI is InChI=1S/C17H18N3OS/c1-10-7-13-14(8-11(10)2)20-17(18-13)19-6-5-16(21-4)12(3)15(19)9-22-20/h5-8H,9H2,1-4H3/q+1. The number of aromatic nitrogens is 3. The molecule has 2 aromatic heterocycles. The molecule has 0 atom stereocenters. The van der Waals surface area contributed by atoms with E-state index in [9.17, 15) is 0 Å². The summed E-state index contributed by atoms with van der Waals surface area (Å²) in [5.41, 5.74) is 7.26. The maximum atomic E-state index is 5.44. The van der Waals surface area contributed by atoms with Gasteiger partial charge < -0.3 is 4.74 Å². The smallest absolute Gasteiger partial charge is 0.415 e. The van der Waals surface area contributed by atoms with Crippen LogP contribution in [0.3, 0.4) is 0 Å². The summed E-state index contributed by atoms with van der Waals surface area (Å²) in [6.07, 6.45) is 2.05. The molecule has 4 rings (SSSR count). The van der Waals surface area contributed by atoms with E-state index in [2.05, 4.69) is 47.6 Å². The minimum atomic E-state index is 0.911. The molecular formula is C17H18N3OS+. The van der Waals surface area contributed by atoms with E-state index in [1.807, 2.05) is 6.07 Å². The summed E-state index contributed by atoms with van der Waals surface area (Å²) in [4.78, 5) is 4.86. The Morgan fingerprint density at radius 1 is 1.23 bits per heavy atom. The number of aryl methyl sites for hydroxylation is 2. The second-order valence-corrected chi connectivity index (χ2v) is 6.64. The molecule has 5 heteroatoms. The van der Waals surface area contributed by atoms with Gasteiger partial charge in [0.05, 0.1) is 19.1 Å². The third-order valence-electron chi connectivity index (χ3n) is 4.45. The van der Waals surface area contributed by atoms with Gasteiger partial charge in [0.1, 0.15) is 11.4 Å². The maximum absolute atomic E-state index is 5.44. The molecule has 0 bridgehead atoms. The van der Waals surface area contributed by atoms with Crippen molar-refractivity contribution in [3.05, 3.63) is 46.8 Å². The third kappa shape index (κ3) is 1.78. The largest absolute Gasteiger partial charge is 0.496 e. The number of hydrogen-bond acceptors (Lipinski definition) is 3. The highest BCUT2D eigenvalue weighted by atomic mass is 32.2. The van der Waals surface area contributed by atoms with Gasteiger partial charge in [0.15, 0.2) is 11.0 Å². The first-order chi connectivity index (χ1) is 10.6. The molecule has 3 aromatic rings. The van der Waals surface area contributed by atoms with Crippen LogP contribution in [0.25, 0.3) is 17.0 Å². The van der Waals surface area contributed by atoms with E-state index >= 15 is 0 Å². The van der Waals surface area contributed by atoms with Gasteiger partial charge in [-0.3, -0.25) is 0 Å². The lowest BCUT2D eigenvalue weighted by Gasteiger charge is -2.16. The van der Waals surface area contributed by atoms with E-state index in [1.54, 1.807) is 19.1 Å². The number of fused-ring (bicyclic) bond motifs is 5. The summed E-state index contributed by atoms with van der Waals surface area (Å²) >= 11 is 1.79. The fraction of sp³-hybridized carbons (Fsp3) is 0.294. The highest BCUT2D eigenvalue weighted by molar-refractivity contribution is 7.97. The fourth-order valence-electron chi connectivity index (χ4n) is 2.97. The number of rotatable bonds is 1. The number of nitrogens with zero attached hydrogens (tertiary/aromatic N) is 3. The highest BCUT2D eigenvalue weighted by Gasteiger charge is 2.31. The Kier molecular flexibility index (Phi) is 2.94. The lowest BCUT2D eigenvalue weighted by Crippen LogP contribution is -2.41. The van der Waals surface area contributed by atoms with E-state index in [0.29, 0.717) is 0 Å². The number of benzene rings is 1. The Morgan fingerprint density at radius 3 is 2.77 bits per heavy atom. The van der Waals surface area contributed by atoms with Crippen molar-refractivity contribution in [3.63, 3.8) is 0 Å². The Hall–Kier alpha value is -2.01. The Labute approximate surface area is 133 Å². The molecule has 4 nitrogen and oxygen atoms in total. The molecule has 0 amide bonds. The van der Waals surface area contributed by atoms with Crippen LogP contribution in [0.15, 0.2) is 24.4 Å². The van der Waals surface area contributed by atoms with Crippen LogP contribution >= 0.6 is 11.9 Å². The molecule has 0 unspecified atom stereocenters. The highest BCUT2D eigenvalue weighted by Crippen LogP contribution is 2.32. The predicted octanol–water partition coefficient (Wildman–Crippen LogP) is 3.26. The summed E-state index contributed by atoms with van der Waals surface area (Å²) in [6.45, 7) is 6.40. The second-order valence-electron chi connectivity index (χ2n) is 5.73. The molecule has 1 aliphatic rings. The van der Waals surface area contributed by atoms with Crippen molar-refractivity contribution in [2.45, 2.75) is 26.5 Å². The molecule has 1 aliphatic heterocycles. The van der Waals surface area contributed by atoms with Crippen LogP contribution in [0.4, 0.5) is 0 Å². The van der Waals surface area contributed by atoms with E-state index in [0.717, 1.165) is 23.0 Å². The predicted molar refractivity (Wildman–Crippen MR) is 88.7 cm³/mol. The van der Waals surface area contributed by atoms with Crippen LogP contribution in [-0.2, 0) is 5.75 Å². The molecule has 0 saturated carbocycles. The van der Waals surface area contributed by atoms with Gasteiger partial charge in [-0.2, -0.15) is 3.97 Å². The lowest BCUT2D eigenvalue weighted by molar-refractivity contribution is -0.612. The van der Waals surface area contributed by atoms with Gasteiger partial charge >= 0.3 is 5.95 Å². The van der Waals surface area contributed by atoms with Gasteiger partial charge in [0.25, 0.3) is 0 Å². The molecule has 0 spiro atoms. The van der Waals surface area contributed by atoms with Crippen molar-refractivity contribution < 1.29 is 9.30 Å². The molecule has 3 heterocycles. The minimum Gasteiger partial charge on any atom is -0.496 e.